The van der Waals surface area contributed by atoms with Crippen LogP contribution in [0.5, 0.6) is 0 Å². The van der Waals surface area contributed by atoms with Gasteiger partial charge in [-0.1, -0.05) is 12.1 Å². The highest BCUT2D eigenvalue weighted by Crippen LogP contribution is 2.22. The first-order valence-electron chi connectivity index (χ1n) is 6.98. The molecule has 5 heteroatoms. The Morgan fingerprint density at radius 3 is 2.95 bits per heavy atom. The van der Waals surface area contributed by atoms with Crippen LogP contribution in [0.4, 0.5) is 10.5 Å². The van der Waals surface area contributed by atoms with Crippen LogP contribution in [0.25, 0.3) is 0 Å². The van der Waals surface area contributed by atoms with E-state index in [1.165, 1.54) is 0 Å². The van der Waals surface area contributed by atoms with Crippen LogP contribution in [-0.2, 0) is 4.74 Å². The van der Waals surface area contributed by atoms with Gasteiger partial charge < -0.3 is 20.5 Å². The third kappa shape index (κ3) is 3.71. The minimum Gasteiger partial charge on any atom is -0.389 e. The van der Waals surface area contributed by atoms with Crippen LogP contribution >= 0.6 is 0 Å². The van der Waals surface area contributed by atoms with Crippen LogP contribution in [0, 0.1) is 0 Å². The number of aliphatic hydroxyl groups is 1. The summed E-state index contributed by atoms with van der Waals surface area (Å²) in [5.74, 6) is 0. The Kier molecular flexibility index (Phi) is 4.98. The fourth-order valence-corrected chi connectivity index (χ4v) is 2.59. The van der Waals surface area contributed by atoms with E-state index in [9.17, 15) is 9.90 Å². The van der Waals surface area contributed by atoms with E-state index in [1.54, 1.807) is 26.2 Å². The molecule has 3 atom stereocenters. The molecule has 2 amide bonds. The summed E-state index contributed by atoms with van der Waals surface area (Å²) in [6.45, 7) is 1.70. The van der Waals surface area contributed by atoms with E-state index >= 15 is 0 Å². The molecule has 2 rings (SSSR count). The van der Waals surface area contributed by atoms with Gasteiger partial charge in [-0.05, 0) is 43.9 Å². The van der Waals surface area contributed by atoms with Crippen LogP contribution in [0.2, 0.25) is 0 Å². The van der Waals surface area contributed by atoms with Crippen molar-refractivity contribution in [3.05, 3.63) is 29.8 Å². The van der Waals surface area contributed by atoms with Crippen LogP contribution in [0.15, 0.2) is 24.3 Å². The Hall–Kier alpha value is -1.59. The van der Waals surface area contributed by atoms with Crippen molar-refractivity contribution in [2.45, 2.75) is 44.4 Å². The van der Waals surface area contributed by atoms with Crippen LogP contribution < -0.4 is 10.6 Å². The van der Waals surface area contributed by atoms with Crippen molar-refractivity contribution >= 4 is 11.7 Å². The predicted molar refractivity (Wildman–Crippen MR) is 77.7 cm³/mol. The summed E-state index contributed by atoms with van der Waals surface area (Å²) in [6, 6.07) is 7.04. The number of carbonyl (C=O) groups excluding carboxylic acids is 1. The third-order valence-corrected chi connectivity index (χ3v) is 3.70. The number of hydrogen-bond acceptors (Lipinski definition) is 3. The summed E-state index contributed by atoms with van der Waals surface area (Å²) in [5, 5.41) is 15.3. The van der Waals surface area contributed by atoms with E-state index in [-0.39, 0.29) is 18.2 Å². The monoisotopic (exact) mass is 278 g/mol. The first kappa shape index (κ1) is 14.8. The summed E-state index contributed by atoms with van der Waals surface area (Å²) >= 11 is 0. The molecule has 20 heavy (non-hydrogen) atoms. The summed E-state index contributed by atoms with van der Waals surface area (Å²) in [7, 11) is 1.68. The Bertz CT molecular complexity index is 462. The molecule has 1 fully saturated rings. The van der Waals surface area contributed by atoms with E-state index in [4.69, 9.17) is 4.74 Å². The van der Waals surface area contributed by atoms with E-state index in [2.05, 4.69) is 10.6 Å². The highest BCUT2D eigenvalue weighted by Gasteiger charge is 2.28. The highest BCUT2D eigenvalue weighted by atomic mass is 16.5. The minimum absolute atomic E-state index is 0.0694. The fraction of sp³-hybridized carbons (Fsp3) is 0.533. The molecule has 0 saturated heterocycles. The van der Waals surface area contributed by atoms with Gasteiger partial charge in [0.05, 0.1) is 18.2 Å². The Balaban J connectivity index is 1.92. The van der Waals surface area contributed by atoms with Crippen molar-refractivity contribution in [3.8, 4) is 0 Å². The van der Waals surface area contributed by atoms with Gasteiger partial charge in [0.1, 0.15) is 0 Å². The maximum absolute atomic E-state index is 12.0. The average molecular weight is 278 g/mol. The number of amides is 2. The van der Waals surface area contributed by atoms with E-state index in [0.29, 0.717) is 5.69 Å². The molecule has 0 spiro atoms. The number of anilines is 1. The van der Waals surface area contributed by atoms with Crippen molar-refractivity contribution in [3.63, 3.8) is 0 Å². The number of carbonyl (C=O) groups is 1. The molecule has 0 bridgehead atoms. The summed E-state index contributed by atoms with van der Waals surface area (Å²) in [6.07, 6.45) is 2.55. The normalized spacial score (nSPS) is 23.4. The van der Waals surface area contributed by atoms with Gasteiger partial charge in [-0.2, -0.15) is 0 Å². The lowest BCUT2D eigenvalue weighted by atomic mass is 10.1. The first-order chi connectivity index (χ1) is 9.60. The zero-order valence-electron chi connectivity index (χ0n) is 11.9. The van der Waals surface area contributed by atoms with Gasteiger partial charge in [0.25, 0.3) is 0 Å². The number of hydrogen-bond donors (Lipinski definition) is 3. The molecule has 5 nitrogen and oxygen atoms in total. The molecule has 0 heterocycles. The van der Waals surface area contributed by atoms with Gasteiger partial charge in [-0.25, -0.2) is 4.79 Å². The van der Waals surface area contributed by atoms with E-state index in [0.717, 1.165) is 24.8 Å². The lowest BCUT2D eigenvalue weighted by Crippen LogP contribution is -2.42. The number of rotatable bonds is 4. The molecule has 1 aliphatic carbocycles. The molecular formula is C15H22N2O3. The summed E-state index contributed by atoms with van der Waals surface area (Å²) < 4.78 is 5.35. The largest absolute Gasteiger partial charge is 0.389 e. The molecule has 0 aromatic heterocycles. The molecule has 3 unspecified atom stereocenters. The van der Waals surface area contributed by atoms with Gasteiger partial charge in [0.2, 0.25) is 0 Å². The first-order valence-corrected chi connectivity index (χ1v) is 6.98. The summed E-state index contributed by atoms with van der Waals surface area (Å²) in [4.78, 5) is 12.0. The zero-order valence-corrected chi connectivity index (χ0v) is 11.9. The van der Waals surface area contributed by atoms with E-state index in [1.807, 2.05) is 12.1 Å². The molecule has 1 saturated carbocycles. The topological polar surface area (TPSA) is 70.6 Å². The molecule has 110 valence electrons. The fourth-order valence-electron chi connectivity index (χ4n) is 2.59. The number of aliphatic hydroxyl groups excluding tert-OH is 1. The lowest BCUT2D eigenvalue weighted by molar-refractivity contribution is 0.0882. The number of urea groups is 1. The van der Waals surface area contributed by atoms with Crippen molar-refractivity contribution in [2.24, 2.45) is 0 Å². The standard InChI is InChI=1S/C15H22N2O3/c1-10(18)11-5-3-6-12(9-11)16-15(19)17-13-7-4-8-14(13)20-2/h3,5-6,9-10,13-14,18H,4,7-8H2,1-2H3,(H2,16,17,19). The quantitative estimate of drug-likeness (QED) is 0.792. The third-order valence-electron chi connectivity index (χ3n) is 3.70. The number of benzene rings is 1. The zero-order chi connectivity index (χ0) is 14.5. The van der Waals surface area contributed by atoms with Crippen LogP contribution in [0.1, 0.15) is 37.9 Å². The molecule has 3 N–H and O–H groups in total. The summed E-state index contributed by atoms with van der Waals surface area (Å²) in [5.41, 5.74) is 1.45. The maximum atomic E-state index is 12.0. The molecular weight excluding hydrogens is 256 g/mol. The molecule has 0 radical (unpaired) electrons. The lowest BCUT2D eigenvalue weighted by Gasteiger charge is -2.20. The van der Waals surface area contributed by atoms with Gasteiger partial charge in [-0.15, -0.1) is 0 Å². The average Bonchev–Trinajstić information content (AvgIpc) is 2.86. The predicted octanol–water partition coefficient (Wildman–Crippen LogP) is 2.43. The maximum Gasteiger partial charge on any atom is 0.319 e. The van der Waals surface area contributed by atoms with E-state index < -0.39 is 6.10 Å². The number of methoxy groups -OCH3 is 1. The van der Waals surface area contributed by atoms with Gasteiger partial charge in [0, 0.05) is 12.8 Å². The Morgan fingerprint density at radius 1 is 1.45 bits per heavy atom. The smallest absolute Gasteiger partial charge is 0.319 e. The Labute approximate surface area is 119 Å². The van der Waals surface area contributed by atoms with Gasteiger partial charge in [0.15, 0.2) is 0 Å². The molecule has 1 aromatic rings. The van der Waals surface area contributed by atoms with Gasteiger partial charge >= 0.3 is 6.03 Å². The number of ether oxygens (including phenoxy) is 1. The van der Waals surface area contributed by atoms with Crippen molar-refractivity contribution in [1.82, 2.24) is 5.32 Å². The highest BCUT2D eigenvalue weighted by molar-refractivity contribution is 5.89. The molecule has 1 aliphatic rings. The molecule has 0 aliphatic heterocycles. The van der Waals surface area contributed by atoms with Crippen LogP contribution in [-0.4, -0.2) is 30.4 Å². The van der Waals surface area contributed by atoms with Crippen LogP contribution in [0.3, 0.4) is 0 Å². The van der Waals surface area contributed by atoms with Crippen molar-refractivity contribution < 1.29 is 14.6 Å². The second kappa shape index (κ2) is 6.72. The van der Waals surface area contributed by atoms with Gasteiger partial charge in [-0.3, -0.25) is 0 Å². The second-order valence-electron chi connectivity index (χ2n) is 5.21. The SMILES string of the molecule is COC1CCCC1NC(=O)Nc1cccc(C(C)O)c1. The van der Waals surface area contributed by atoms with Crippen molar-refractivity contribution in [2.75, 3.05) is 12.4 Å². The minimum atomic E-state index is -0.549. The Morgan fingerprint density at radius 2 is 2.25 bits per heavy atom. The second-order valence-corrected chi connectivity index (χ2v) is 5.21. The number of nitrogens with one attached hydrogen (secondary N) is 2. The van der Waals surface area contributed by atoms with Crippen molar-refractivity contribution in [1.29, 1.82) is 0 Å². The molecule has 1 aromatic carbocycles.